The lowest BCUT2D eigenvalue weighted by atomic mass is 9.35. The van der Waals surface area contributed by atoms with Gasteiger partial charge in [0.15, 0.2) is 0 Å². The van der Waals surface area contributed by atoms with Gasteiger partial charge in [0.25, 0.3) is 6.71 Å². The number of nitrogens with zero attached hydrogens (tertiary/aromatic N) is 4. The van der Waals surface area contributed by atoms with Gasteiger partial charge in [0.2, 0.25) is 0 Å². The Kier molecular flexibility index (Phi) is 11.3. The van der Waals surface area contributed by atoms with Crippen molar-refractivity contribution >= 4 is 107 Å². The van der Waals surface area contributed by atoms with Crippen molar-refractivity contribution in [3.63, 3.8) is 0 Å². The molecule has 0 atom stereocenters. The Labute approximate surface area is 458 Å². The van der Waals surface area contributed by atoms with Crippen molar-refractivity contribution in [3.05, 3.63) is 192 Å². The molecule has 2 aliphatic heterocycles. The summed E-state index contributed by atoms with van der Waals surface area (Å²) in [6, 6.07) is 62.5. The van der Waals surface area contributed by atoms with E-state index in [1.807, 2.05) is 0 Å². The fourth-order valence-corrected chi connectivity index (χ4v) is 12.4. The lowest BCUT2D eigenvalue weighted by Gasteiger charge is -2.43. The van der Waals surface area contributed by atoms with E-state index in [-0.39, 0.29) is 33.9 Å². The van der Waals surface area contributed by atoms with Crippen LogP contribution in [0.4, 0.5) is 51.2 Å². The molecule has 0 fully saturated rings. The van der Waals surface area contributed by atoms with Crippen LogP contribution < -0.4 is 31.3 Å². The van der Waals surface area contributed by atoms with E-state index < -0.39 is 0 Å². The van der Waals surface area contributed by atoms with E-state index in [2.05, 4.69) is 294 Å². The first-order valence-corrected chi connectivity index (χ1v) is 27.9. The first-order chi connectivity index (χ1) is 36.3. The van der Waals surface area contributed by atoms with Crippen molar-refractivity contribution < 1.29 is 4.42 Å². The molecule has 0 amide bonds. The quantitative estimate of drug-likeness (QED) is 0.161. The van der Waals surface area contributed by atoms with Gasteiger partial charge in [0.05, 0.1) is 28.2 Å². The summed E-state index contributed by atoms with van der Waals surface area (Å²) < 4.78 is 9.91. The summed E-state index contributed by atoms with van der Waals surface area (Å²) in [5.74, 6) is 0. The van der Waals surface area contributed by atoms with Gasteiger partial charge in [-0.1, -0.05) is 162 Å². The SMILES string of the molecule is Cc1cc2c3c(c1)N(c1ccc(N(c4ccc(C(C)(C)C)cc4)c4ccc(C(C)(C)C)cc4)c4c1c1ccccc1n4C(C)(C)C)c1ccc(C(C)(C)C)cc1B3c1oc3ccccc3c1N2c1ccc(C(C)(C)C)cc1. The highest BCUT2D eigenvalue weighted by molar-refractivity contribution is 7.00. The molecule has 2 aromatic heterocycles. The summed E-state index contributed by atoms with van der Waals surface area (Å²) in [5.41, 5.74) is 23.0. The number of benzene rings is 8. The van der Waals surface area contributed by atoms with E-state index in [0.717, 1.165) is 62.1 Å². The summed E-state index contributed by atoms with van der Waals surface area (Å²) in [6.45, 7) is 36.8. The molecule has 0 saturated heterocycles. The van der Waals surface area contributed by atoms with Crippen LogP contribution in [0.5, 0.6) is 0 Å². The van der Waals surface area contributed by atoms with Crippen molar-refractivity contribution in [1.29, 1.82) is 0 Å². The molecular formula is C71H75BN4O. The zero-order chi connectivity index (χ0) is 54.5. The molecule has 2 aliphatic rings. The third-order valence-electron chi connectivity index (χ3n) is 16.5. The molecule has 388 valence electrons. The monoisotopic (exact) mass is 1010 g/mol. The Balaban J connectivity index is 1.19. The molecule has 0 aliphatic carbocycles. The number of furan rings is 1. The van der Waals surface area contributed by atoms with Crippen molar-refractivity contribution in [2.75, 3.05) is 14.7 Å². The number of hydrogen-bond donors (Lipinski definition) is 0. The third kappa shape index (κ3) is 8.19. The third-order valence-corrected chi connectivity index (χ3v) is 16.5. The van der Waals surface area contributed by atoms with Crippen molar-refractivity contribution in [2.45, 2.75) is 138 Å². The van der Waals surface area contributed by atoms with Crippen molar-refractivity contribution in [3.8, 4) is 0 Å². The summed E-state index contributed by atoms with van der Waals surface area (Å²) in [5, 5.41) is 3.55. The zero-order valence-electron chi connectivity index (χ0n) is 48.4. The van der Waals surface area contributed by atoms with Crippen LogP contribution in [0.15, 0.2) is 168 Å². The normalized spacial score (nSPS) is 13.9. The summed E-state index contributed by atoms with van der Waals surface area (Å²) >= 11 is 0. The number of fused-ring (bicyclic) bond motifs is 9. The number of rotatable bonds is 5. The standard InChI is InChI=1S/C71H75BN4O/c1-44-41-59-63-60(42-44)75(56-38-31-48(70(11,12)13)43-54(56)72(63)66-64(53-22-18-20-24-61(53)77-66)74(59)51-36-29-47(30-37-51)69(8,9)10)57-39-40-58(65-62(57)52-21-17-19-23-55(52)76(65)71(14,15)16)73(49-32-25-45(26-33-49)67(2,3)4)50-34-27-46(28-35-50)68(5,6)7/h17-43H,1-16H3. The summed E-state index contributed by atoms with van der Waals surface area (Å²) in [6.07, 6.45) is 0. The van der Waals surface area contributed by atoms with Crippen LogP contribution in [0.25, 0.3) is 32.8 Å². The highest BCUT2D eigenvalue weighted by atomic mass is 16.3. The minimum absolute atomic E-state index is 0.0115. The van der Waals surface area contributed by atoms with Gasteiger partial charge in [-0.25, -0.2) is 0 Å². The molecule has 5 nitrogen and oxygen atoms in total. The largest absolute Gasteiger partial charge is 0.468 e. The fourth-order valence-electron chi connectivity index (χ4n) is 12.4. The molecule has 8 aromatic carbocycles. The fraction of sp³-hybridized carbons (Fsp3) is 0.296. The van der Waals surface area contributed by atoms with E-state index in [1.165, 1.54) is 66.2 Å². The average molecular weight is 1010 g/mol. The molecule has 0 unspecified atom stereocenters. The zero-order valence-corrected chi connectivity index (χ0v) is 48.4. The maximum Gasteiger partial charge on any atom is 0.297 e. The van der Waals surface area contributed by atoms with Crippen molar-refractivity contribution in [1.82, 2.24) is 4.57 Å². The molecule has 6 heteroatoms. The number of anilines is 9. The maximum atomic E-state index is 7.30. The molecule has 12 rings (SSSR count). The van der Waals surface area contributed by atoms with E-state index in [4.69, 9.17) is 4.42 Å². The van der Waals surface area contributed by atoms with Gasteiger partial charge in [-0.2, -0.15) is 0 Å². The molecule has 0 radical (unpaired) electrons. The summed E-state index contributed by atoms with van der Waals surface area (Å²) in [4.78, 5) is 7.62. The number of aryl methyl sites for hydroxylation is 1. The molecule has 0 saturated carbocycles. The molecule has 77 heavy (non-hydrogen) atoms. The Morgan fingerprint density at radius 3 is 1.51 bits per heavy atom. The van der Waals surface area contributed by atoms with Crippen LogP contribution in [0.3, 0.4) is 0 Å². The van der Waals surface area contributed by atoms with Crippen LogP contribution in [0.1, 0.15) is 132 Å². The second-order valence-electron chi connectivity index (χ2n) is 27.2. The minimum Gasteiger partial charge on any atom is -0.468 e. The Morgan fingerprint density at radius 1 is 0.455 bits per heavy atom. The second-order valence-corrected chi connectivity index (χ2v) is 27.2. The molecule has 0 N–H and O–H groups in total. The molecule has 10 aromatic rings. The summed E-state index contributed by atoms with van der Waals surface area (Å²) in [7, 11) is 0. The van der Waals surface area contributed by atoms with Crippen LogP contribution in [-0.2, 0) is 27.2 Å². The van der Waals surface area contributed by atoms with E-state index in [0.29, 0.717) is 0 Å². The Bertz CT molecular complexity index is 3890. The topological polar surface area (TPSA) is 27.8 Å². The van der Waals surface area contributed by atoms with E-state index in [1.54, 1.807) is 0 Å². The van der Waals surface area contributed by atoms with Crippen LogP contribution in [0, 0.1) is 6.92 Å². The Morgan fingerprint density at radius 2 is 0.948 bits per heavy atom. The van der Waals surface area contributed by atoms with Gasteiger partial charge in [-0.05, 0) is 173 Å². The highest BCUT2D eigenvalue weighted by Gasteiger charge is 2.48. The first kappa shape index (κ1) is 50.4. The van der Waals surface area contributed by atoms with Gasteiger partial charge in [0, 0.05) is 61.3 Å². The number of aromatic nitrogens is 1. The molecular weight excluding hydrogens is 936 g/mol. The molecule has 0 spiro atoms. The van der Waals surface area contributed by atoms with Gasteiger partial charge >= 0.3 is 0 Å². The minimum atomic E-state index is -0.303. The number of hydrogen-bond acceptors (Lipinski definition) is 4. The highest BCUT2D eigenvalue weighted by Crippen LogP contribution is 2.53. The number of para-hydroxylation sites is 2. The maximum absolute atomic E-state index is 7.30. The van der Waals surface area contributed by atoms with Crippen molar-refractivity contribution in [2.24, 2.45) is 0 Å². The van der Waals surface area contributed by atoms with Gasteiger partial charge < -0.3 is 23.7 Å². The van der Waals surface area contributed by atoms with Gasteiger partial charge in [-0.3, -0.25) is 0 Å². The van der Waals surface area contributed by atoms with E-state index >= 15 is 0 Å². The predicted molar refractivity (Wildman–Crippen MR) is 332 cm³/mol. The molecule has 0 bridgehead atoms. The Hall–Kier alpha value is -7.44. The molecule has 4 heterocycles. The van der Waals surface area contributed by atoms with Crippen LogP contribution in [0.2, 0.25) is 0 Å². The smallest absolute Gasteiger partial charge is 0.297 e. The van der Waals surface area contributed by atoms with Crippen LogP contribution >= 0.6 is 0 Å². The van der Waals surface area contributed by atoms with E-state index in [9.17, 15) is 0 Å². The van der Waals surface area contributed by atoms with Gasteiger partial charge in [0.1, 0.15) is 5.58 Å². The lowest BCUT2D eigenvalue weighted by molar-refractivity contribution is 0.423. The van der Waals surface area contributed by atoms with Crippen LogP contribution in [-0.4, -0.2) is 11.3 Å². The second kappa shape index (κ2) is 17.3. The average Bonchev–Trinajstić information content (AvgIpc) is 4.20. The lowest BCUT2D eigenvalue weighted by Crippen LogP contribution is -2.61. The van der Waals surface area contributed by atoms with Gasteiger partial charge in [-0.15, -0.1) is 0 Å². The predicted octanol–water partition coefficient (Wildman–Crippen LogP) is 18.3. The first-order valence-electron chi connectivity index (χ1n) is 27.9.